The van der Waals surface area contributed by atoms with Crippen molar-refractivity contribution in [1.82, 2.24) is 0 Å². The molecule has 0 saturated carbocycles. The SMILES string of the molecule is COC(=O)C(Cc1ccccc1)N=C/C(C(C)=O)=C(/C)O. The summed E-state index contributed by atoms with van der Waals surface area (Å²) in [5.41, 5.74) is 1.01. The largest absolute Gasteiger partial charge is 0.512 e. The number of hydrogen-bond donors (Lipinski definition) is 1. The van der Waals surface area contributed by atoms with Crippen LogP contribution >= 0.6 is 0 Å². The second-order valence-electron chi connectivity index (χ2n) is 4.56. The van der Waals surface area contributed by atoms with Crippen LogP contribution in [0.4, 0.5) is 0 Å². The van der Waals surface area contributed by atoms with Crippen LogP contribution in [-0.2, 0) is 20.7 Å². The Morgan fingerprint density at radius 3 is 2.38 bits per heavy atom. The van der Waals surface area contributed by atoms with E-state index in [0.717, 1.165) is 5.56 Å². The van der Waals surface area contributed by atoms with Gasteiger partial charge in [0.2, 0.25) is 0 Å². The van der Waals surface area contributed by atoms with Gasteiger partial charge in [-0.15, -0.1) is 0 Å². The minimum Gasteiger partial charge on any atom is -0.512 e. The molecule has 5 heteroatoms. The van der Waals surface area contributed by atoms with Gasteiger partial charge in [0.1, 0.15) is 5.76 Å². The molecule has 1 rings (SSSR count). The molecule has 5 nitrogen and oxygen atoms in total. The number of nitrogens with zero attached hydrogens (tertiary/aromatic N) is 1. The summed E-state index contributed by atoms with van der Waals surface area (Å²) < 4.78 is 4.72. The molecule has 0 aliphatic rings. The van der Waals surface area contributed by atoms with E-state index in [1.807, 2.05) is 30.3 Å². The molecule has 0 aromatic heterocycles. The van der Waals surface area contributed by atoms with Gasteiger partial charge in [0.05, 0.1) is 12.7 Å². The molecule has 0 heterocycles. The highest BCUT2D eigenvalue weighted by Gasteiger charge is 2.18. The Hall–Kier alpha value is -2.43. The lowest BCUT2D eigenvalue weighted by Gasteiger charge is -2.10. The van der Waals surface area contributed by atoms with Gasteiger partial charge in [-0.05, 0) is 19.4 Å². The van der Waals surface area contributed by atoms with Crippen molar-refractivity contribution in [3.63, 3.8) is 0 Å². The topological polar surface area (TPSA) is 76.0 Å². The Kier molecular flexibility index (Phi) is 6.33. The van der Waals surface area contributed by atoms with Crippen LogP contribution in [0.3, 0.4) is 0 Å². The van der Waals surface area contributed by atoms with Crippen molar-refractivity contribution in [2.75, 3.05) is 7.11 Å². The Balaban J connectivity index is 2.97. The van der Waals surface area contributed by atoms with Crippen molar-refractivity contribution in [3.05, 3.63) is 47.2 Å². The van der Waals surface area contributed by atoms with Gasteiger partial charge in [-0.1, -0.05) is 30.3 Å². The van der Waals surface area contributed by atoms with Gasteiger partial charge >= 0.3 is 5.97 Å². The number of rotatable bonds is 6. The van der Waals surface area contributed by atoms with Gasteiger partial charge in [-0.2, -0.15) is 0 Å². The van der Waals surface area contributed by atoms with Crippen LogP contribution in [0.15, 0.2) is 46.7 Å². The predicted molar refractivity (Wildman–Crippen MR) is 80.5 cm³/mol. The molecule has 1 aromatic carbocycles. The lowest BCUT2D eigenvalue weighted by atomic mass is 10.1. The fraction of sp³-hybridized carbons (Fsp3) is 0.312. The van der Waals surface area contributed by atoms with Gasteiger partial charge in [0.25, 0.3) is 0 Å². The van der Waals surface area contributed by atoms with Crippen LogP contribution < -0.4 is 0 Å². The van der Waals surface area contributed by atoms with E-state index in [1.54, 1.807) is 0 Å². The highest BCUT2D eigenvalue weighted by molar-refractivity contribution is 6.12. The summed E-state index contributed by atoms with van der Waals surface area (Å²) in [5.74, 6) is -0.940. The average Bonchev–Trinajstić information content (AvgIpc) is 2.45. The highest BCUT2D eigenvalue weighted by Crippen LogP contribution is 2.09. The summed E-state index contributed by atoms with van der Waals surface area (Å²) >= 11 is 0. The standard InChI is InChI=1S/C16H19NO4/c1-11(18)14(12(2)19)10-17-15(16(20)21-3)9-13-7-5-4-6-8-13/h4-8,10,15,18H,9H2,1-3H3/b14-11+,17-10?. The minimum absolute atomic E-state index is 0.0805. The molecule has 0 bridgehead atoms. The molecule has 0 radical (unpaired) electrons. The molecular weight excluding hydrogens is 270 g/mol. The van der Waals surface area contributed by atoms with Crippen LogP contribution in [-0.4, -0.2) is 36.2 Å². The van der Waals surface area contributed by atoms with Crippen LogP contribution in [0.5, 0.6) is 0 Å². The van der Waals surface area contributed by atoms with Gasteiger partial charge < -0.3 is 9.84 Å². The molecule has 1 atom stereocenters. The average molecular weight is 289 g/mol. The van der Waals surface area contributed by atoms with Gasteiger partial charge in [0, 0.05) is 12.6 Å². The fourth-order valence-corrected chi connectivity index (χ4v) is 1.77. The van der Waals surface area contributed by atoms with E-state index in [0.29, 0.717) is 6.42 Å². The molecule has 112 valence electrons. The molecule has 1 aromatic rings. The van der Waals surface area contributed by atoms with E-state index < -0.39 is 12.0 Å². The summed E-state index contributed by atoms with van der Waals surface area (Å²) in [4.78, 5) is 27.2. The molecule has 0 fully saturated rings. The molecule has 21 heavy (non-hydrogen) atoms. The first-order chi connectivity index (χ1) is 9.95. The van der Waals surface area contributed by atoms with Gasteiger partial charge in [-0.3, -0.25) is 9.79 Å². The Morgan fingerprint density at radius 2 is 1.90 bits per heavy atom. The first-order valence-electron chi connectivity index (χ1n) is 6.51. The molecule has 0 aliphatic carbocycles. The number of benzene rings is 1. The molecule has 1 unspecified atom stereocenters. The maximum atomic E-state index is 11.8. The summed E-state index contributed by atoms with van der Waals surface area (Å²) in [6.45, 7) is 2.72. The first kappa shape index (κ1) is 16.6. The van der Waals surface area contributed by atoms with Crippen LogP contribution in [0.1, 0.15) is 19.4 Å². The molecule has 0 amide bonds. The lowest BCUT2D eigenvalue weighted by molar-refractivity contribution is -0.142. The number of Topliss-reactive ketones (excluding diaryl/α,β-unsaturated/α-hetero) is 1. The normalized spacial score (nSPS) is 13.7. The number of carbonyl (C=O) groups is 2. The number of allylic oxidation sites excluding steroid dienone is 2. The molecule has 1 N–H and O–H groups in total. The van der Waals surface area contributed by atoms with E-state index in [2.05, 4.69) is 4.99 Å². The van der Waals surface area contributed by atoms with Crippen molar-refractivity contribution in [2.45, 2.75) is 26.3 Å². The third-order valence-corrected chi connectivity index (χ3v) is 2.90. The molecular formula is C16H19NO4. The third kappa shape index (κ3) is 5.22. The zero-order valence-electron chi connectivity index (χ0n) is 12.4. The minimum atomic E-state index is -0.758. The second kappa shape index (κ2) is 7.99. The molecule has 0 spiro atoms. The smallest absolute Gasteiger partial charge is 0.330 e. The number of aliphatic imine (C=N–C) groups is 1. The number of ether oxygens (including phenoxy) is 1. The third-order valence-electron chi connectivity index (χ3n) is 2.90. The zero-order valence-corrected chi connectivity index (χ0v) is 12.4. The van der Waals surface area contributed by atoms with E-state index in [1.165, 1.54) is 27.2 Å². The quantitative estimate of drug-likeness (QED) is 0.377. The Morgan fingerprint density at radius 1 is 1.29 bits per heavy atom. The summed E-state index contributed by atoms with van der Waals surface area (Å²) in [6, 6.07) is 8.62. The van der Waals surface area contributed by atoms with Crippen molar-refractivity contribution in [1.29, 1.82) is 0 Å². The van der Waals surface area contributed by atoms with E-state index in [-0.39, 0.29) is 17.1 Å². The second-order valence-corrected chi connectivity index (χ2v) is 4.56. The number of aliphatic hydroxyl groups is 1. The monoisotopic (exact) mass is 289 g/mol. The summed E-state index contributed by atoms with van der Waals surface area (Å²) in [7, 11) is 1.29. The molecule has 0 aliphatic heterocycles. The number of ketones is 1. The maximum absolute atomic E-state index is 11.8. The molecule has 0 saturated heterocycles. The van der Waals surface area contributed by atoms with E-state index in [4.69, 9.17) is 4.74 Å². The lowest BCUT2D eigenvalue weighted by Crippen LogP contribution is -2.23. The number of methoxy groups -OCH3 is 1. The van der Waals surface area contributed by atoms with E-state index in [9.17, 15) is 14.7 Å². The van der Waals surface area contributed by atoms with Gasteiger partial charge in [0.15, 0.2) is 11.8 Å². The van der Waals surface area contributed by atoms with Crippen molar-refractivity contribution >= 4 is 18.0 Å². The van der Waals surface area contributed by atoms with Gasteiger partial charge in [-0.25, -0.2) is 4.79 Å². The summed E-state index contributed by atoms with van der Waals surface area (Å²) in [5, 5.41) is 9.43. The van der Waals surface area contributed by atoms with Crippen LogP contribution in [0.25, 0.3) is 0 Å². The first-order valence-corrected chi connectivity index (χ1v) is 6.51. The zero-order chi connectivity index (χ0) is 15.8. The van der Waals surface area contributed by atoms with Crippen molar-refractivity contribution in [3.8, 4) is 0 Å². The van der Waals surface area contributed by atoms with Crippen LogP contribution in [0, 0.1) is 0 Å². The summed E-state index contributed by atoms with van der Waals surface area (Å²) in [6.07, 6.45) is 1.59. The Labute approximate surface area is 124 Å². The predicted octanol–water partition coefficient (Wildman–Crippen LogP) is 2.26. The Bertz CT molecular complexity index is 557. The van der Waals surface area contributed by atoms with Crippen molar-refractivity contribution < 1.29 is 19.4 Å². The number of esters is 1. The number of hydrogen-bond acceptors (Lipinski definition) is 5. The van der Waals surface area contributed by atoms with E-state index >= 15 is 0 Å². The fourth-order valence-electron chi connectivity index (χ4n) is 1.77. The van der Waals surface area contributed by atoms with Crippen LogP contribution in [0.2, 0.25) is 0 Å². The number of aliphatic hydroxyl groups excluding tert-OH is 1. The maximum Gasteiger partial charge on any atom is 0.330 e. The highest BCUT2D eigenvalue weighted by atomic mass is 16.5. The van der Waals surface area contributed by atoms with Crippen molar-refractivity contribution in [2.24, 2.45) is 4.99 Å². The number of carbonyl (C=O) groups excluding carboxylic acids is 2.